The zero-order valence-corrected chi connectivity index (χ0v) is 13.8. The predicted octanol–water partition coefficient (Wildman–Crippen LogP) is 1.99. The molecule has 0 radical (unpaired) electrons. The third-order valence-corrected chi connectivity index (χ3v) is 4.94. The first kappa shape index (κ1) is 15.9. The van der Waals surface area contributed by atoms with E-state index in [1.807, 2.05) is 19.2 Å². The zero-order valence-electron chi connectivity index (χ0n) is 13.0. The lowest BCUT2D eigenvalue weighted by atomic mass is 10.2. The van der Waals surface area contributed by atoms with E-state index in [-0.39, 0.29) is 0 Å². The Morgan fingerprint density at radius 3 is 3.19 bits per heavy atom. The van der Waals surface area contributed by atoms with Gasteiger partial charge in [0.25, 0.3) is 0 Å². The van der Waals surface area contributed by atoms with Gasteiger partial charge >= 0.3 is 0 Å². The summed E-state index contributed by atoms with van der Waals surface area (Å²) in [6, 6.07) is 3.94. The highest BCUT2D eigenvalue weighted by atomic mass is 32.2. The van der Waals surface area contributed by atoms with Gasteiger partial charge in [-0.25, -0.2) is 4.98 Å². The molecule has 5 nitrogen and oxygen atoms in total. The van der Waals surface area contributed by atoms with Crippen LogP contribution >= 0.6 is 11.8 Å². The number of pyridine rings is 1. The molecule has 21 heavy (non-hydrogen) atoms. The first-order chi connectivity index (χ1) is 10.3. The highest BCUT2D eigenvalue weighted by Crippen LogP contribution is 2.21. The number of nitrogens with zero attached hydrogens (tertiary/aromatic N) is 3. The number of methoxy groups -OCH3 is 1. The fourth-order valence-electron chi connectivity index (χ4n) is 2.34. The molecule has 2 rings (SSSR count). The third-order valence-electron chi connectivity index (χ3n) is 3.56. The van der Waals surface area contributed by atoms with Gasteiger partial charge in [0.15, 0.2) is 5.96 Å². The van der Waals surface area contributed by atoms with Crippen LogP contribution in [0.4, 0.5) is 0 Å². The molecule has 0 bridgehead atoms. The second-order valence-corrected chi connectivity index (χ2v) is 6.36. The van der Waals surface area contributed by atoms with Gasteiger partial charge in [-0.15, -0.1) is 0 Å². The zero-order chi connectivity index (χ0) is 15.1. The van der Waals surface area contributed by atoms with Gasteiger partial charge in [-0.2, -0.15) is 11.8 Å². The summed E-state index contributed by atoms with van der Waals surface area (Å²) in [4.78, 5) is 10.9. The van der Waals surface area contributed by atoms with Crippen LogP contribution in [0.15, 0.2) is 23.3 Å². The van der Waals surface area contributed by atoms with E-state index in [1.165, 1.54) is 12.2 Å². The van der Waals surface area contributed by atoms with Crippen molar-refractivity contribution in [3.05, 3.63) is 23.9 Å². The number of aliphatic imine (C=N–C) groups is 1. The van der Waals surface area contributed by atoms with Gasteiger partial charge in [-0.3, -0.25) is 4.99 Å². The van der Waals surface area contributed by atoms with Crippen molar-refractivity contribution in [2.75, 3.05) is 33.0 Å². The molecule has 0 aromatic carbocycles. The number of guanidine groups is 1. The van der Waals surface area contributed by atoms with E-state index in [4.69, 9.17) is 4.74 Å². The largest absolute Gasteiger partial charge is 0.481 e. The Bertz CT molecular complexity index is 480. The smallest absolute Gasteiger partial charge is 0.213 e. The monoisotopic (exact) mass is 308 g/mol. The molecule has 0 saturated carbocycles. The summed E-state index contributed by atoms with van der Waals surface area (Å²) in [5.41, 5.74) is 1.14. The molecule has 2 heterocycles. The predicted molar refractivity (Wildman–Crippen MR) is 89.1 cm³/mol. The normalized spacial score (nSPS) is 19.5. The molecule has 0 spiro atoms. The number of ether oxygens (including phenoxy) is 1. The lowest BCUT2D eigenvalue weighted by Crippen LogP contribution is -2.47. The molecule has 1 aromatic rings. The maximum Gasteiger partial charge on any atom is 0.213 e. The summed E-state index contributed by atoms with van der Waals surface area (Å²) >= 11 is 2.07. The van der Waals surface area contributed by atoms with E-state index >= 15 is 0 Å². The van der Waals surface area contributed by atoms with Gasteiger partial charge in [-0.05, 0) is 18.1 Å². The van der Waals surface area contributed by atoms with Crippen molar-refractivity contribution < 1.29 is 4.74 Å². The fourth-order valence-corrected chi connectivity index (χ4v) is 3.52. The highest BCUT2D eigenvalue weighted by Gasteiger charge is 2.21. The van der Waals surface area contributed by atoms with Crippen LogP contribution in [0.25, 0.3) is 0 Å². The molecule has 1 atom stereocenters. The Kier molecular flexibility index (Phi) is 6.17. The molecular formula is C15H24N4OS. The highest BCUT2D eigenvalue weighted by molar-refractivity contribution is 8.00. The second-order valence-electron chi connectivity index (χ2n) is 4.95. The minimum atomic E-state index is 0.643. The molecule has 1 aromatic heterocycles. The molecular weight excluding hydrogens is 284 g/mol. The Morgan fingerprint density at radius 1 is 1.62 bits per heavy atom. The van der Waals surface area contributed by atoms with E-state index in [9.17, 15) is 0 Å². The van der Waals surface area contributed by atoms with Gasteiger partial charge in [-0.1, -0.05) is 6.92 Å². The summed E-state index contributed by atoms with van der Waals surface area (Å²) in [7, 11) is 3.48. The summed E-state index contributed by atoms with van der Waals surface area (Å²) in [6.45, 7) is 5.10. The molecule has 116 valence electrons. The van der Waals surface area contributed by atoms with Gasteiger partial charge in [0.05, 0.1) is 7.11 Å². The second kappa shape index (κ2) is 8.12. The molecule has 0 aliphatic carbocycles. The summed E-state index contributed by atoms with van der Waals surface area (Å²) in [6.07, 6.45) is 2.98. The van der Waals surface area contributed by atoms with E-state index in [1.54, 1.807) is 13.3 Å². The molecule has 1 aliphatic heterocycles. The third kappa shape index (κ3) is 4.52. The van der Waals surface area contributed by atoms with Crippen LogP contribution in [0.3, 0.4) is 0 Å². The quantitative estimate of drug-likeness (QED) is 0.681. The Hall–Kier alpha value is -1.43. The number of aromatic nitrogens is 1. The number of nitrogens with one attached hydrogen (secondary N) is 1. The maximum absolute atomic E-state index is 5.15. The van der Waals surface area contributed by atoms with Gasteiger partial charge < -0.3 is 15.0 Å². The molecule has 0 amide bonds. The maximum atomic E-state index is 5.15. The molecule has 1 saturated heterocycles. The van der Waals surface area contributed by atoms with Crippen LogP contribution < -0.4 is 10.1 Å². The Labute approximate surface area is 131 Å². The minimum absolute atomic E-state index is 0.643. The number of hydrogen-bond acceptors (Lipinski definition) is 4. The molecule has 1 aliphatic rings. The fraction of sp³-hybridized carbons (Fsp3) is 0.600. The van der Waals surface area contributed by atoms with Crippen LogP contribution in [0.2, 0.25) is 0 Å². The molecule has 6 heteroatoms. The van der Waals surface area contributed by atoms with E-state index < -0.39 is 0 Å². The van der Waals surface area contributed by atoms with E-state index in [2.05, 4.69) is 38.9 Å². The first-order valence-corrected chi connectivity index (χ1v) is 8.37. The number of rotatable bonds is 4. The van der Waals surface area contributed by atoms with Crippen molar-refractivity contribution in [2.24, 2.45) is 4.99 Å². The number of thioether (sulfide) groups is 1. The van der Waals surface area contributed by atoms with Crippen LogP contribution in [-0.2, 0) is 6.54 Å². The standard InChI is InChI=1S/C15H24N4OS/c1-4-13-11-19(7-8-21-13)15(16-2)18-10-12-5-6-17-14(9-12)20-3/h5-6,9,13H,4,7-8,10-11H2,1-3H3,(H,16,18). The SMILES string of the molecule is CCC1CN(C(=NC)NCc2ccnc(OC)c2)CCS1. The lowest BCUT2D eigenvalue weighted by Gasteiger charge is -2.34. The topological polar surface area (TPSA) is 49.8 Å². The van der Waals surface area contributed by atoms with E-state index in [0.29, 0.717) is 11.1 Å². The van der Waals surface area contributed by atoms with Crippen molar-refractivity contribution in [2.45, 2.75) is 25.1 Å². The van der Waals surface area contributed by atoms with Crippen molar-refractivity contribution >= 4 is 17.7 Å². The van der Waals surface area contributed by atoms with Crippen molar-refractivity contribution in [3.8, 4) is 5.88 Å². The van der Waals surface area contributed by atoms with Crippen molar-refractivity contribution in [1.29, 1.82) is 0 Å². The average Bonchev–Trinajstić information content (AvgIpc) is 2.56. The molecule has 1 fully saturated rings. The van der Waals surface area contributed by atoms with Crippen molar-refractivity contribution in [1.82, 2.24) is 15.2 Å². The van der Waals surface area contributed by atoms with Crippen molar-refractivity contribution in [3.63, 3.8) is 0 Å². The minimum Gasteiger partial charge on any atom is -0.481 e. The van der Waals surface area contributed by atoms with Gasteiger partial charge in [0.1, 0.15) is 0 Å². The van der Waals surface area contributed by atoms with E-state index in [0.717, 1.165) is 31.2 Å². The molecule has 1 N–H and O–H groups in total. The van der Waals surface area contributed by atoms with Crippen LogP contribution in [0.5, 0.6) is 5.88 Å². The molecule has 1 unspecified atom stereocenters. The lowest BCUT2D eigenvalue weighted by molar-refractivity contribution is 0.396. The summed E-state index contributed by atoms with van der Waals surface area (Å²) in [5, 5.41) is 4.14. The summed E-state index contributed by atoms with van der Waals surface area (Å²) in [5.74, 6) is 2.79. The summed E-state index contributed by atoms with van der Waals surface area (Å²) < 4.78 is 5.15. The number of hydrogen-bond donors (Lipinski definition) is 1. The van der Waals surface area contributed by atoms with Crippen LogP contribution in [0, 0.1) is 0 Å². The van der Waals surface area contributed by atoms with Crippen LogP contribution in [-0.4, -0.2) is 54.1 Å². The van der Waals surface area contributed by atoms with Gasteiger partial charge in [0, 0.05) is 49.9 Å². The van der Waals surface area contributed by atoms with Crippen LogP contribution in [0.1, 0.15) is 18.9 Å². The Balaban J connectivity index is 1.93. The Morgan fingerprint density at radius 2 is 2.48 bits per heavy atom. The average molecular weight is 308 g/mol. The van der Waals surface area contributed by atoms with Gasteiger partial charge in [0.2, 0.25) is 5.88 Å². The first-order valence-electron chi connectivity index (χ1n) is 7.33.